The van der Waals surface area contributed by atoms with Crippen molar-refractivity contribution in [3.63, 3.8) is 0 Å². The van der Waals surface area contributed by atoms with E-state index in [1.807, 2.05) is 0 Å². The molecule has 0 radical (unpaired) electrons. The minimum atomic E-state index is -0.135. The van der Waals surface area contributed by atoms with Gasteiger partial charge in [-0.2, -0.15) is 0 Å². The molecular weight excluding hydrogens is 832 g/mol. The molecule has 7 aromatic carbocycles. The van der Waals surface area contributed by atoms with Crippen LogP contribution in [-0.4, -0.2) is 6.71 Å². The molecule has 2 heterocycles. The zero-order chi connectivity index (χ0) is 50.0. The molecule has 2 nitrogen and oxygen atoms in total. The van der Waals surface area contributed by atoms with Crippen LogP contribution < -0.4 is 26.2 Å². The Bertz CT molecular complexity index is 2820. The van der Waals surface area contributed by atoms with E-state index in [1.165, 1.54) is 106 Å². The third-order valence-electron chi connectivity index (χ3n) is 14.9. The molecule has 69 heavy (non-hydrogen) atoms. The molecule has 2 aliphatic rings. The van der Waals surface area contributed by atoms with Crippen molar-refractivity contribution in [1.29, 1.82) is 0 Å². The van der Waals surface area contributed by atoms with E-state index >= 15 is 0 Å². The first-order chi connectivity index (χ1) is 32.0. The Balaban J connectivity index is 1.48. The molecule has 0 saturated carbocycles. The predicted octanol–water partition coefficient (Wildman–Crippen LogP) is 16.9. The third kappa shape index (κ3) is 8.78. The predicted molar refractivity (Wildman–Crippen MR) is 304 cm³/mol. The average molecular weight is 909 g/mol. The molecule has 0 unspecified atom stereocenters. The molecule has 3 heteroatoms. The van der Waals surface area contributed by atoms with Crippen LogP contribution in [0, 0.1) is 0 Å². The van der Waals surface area contributed by atoms with Crippen molar-refractivity contribution < 1.29 is 0 Å². The van der Waals surface area contributed by atoms with Gasteiger partial charge in [0.15, 0.2) is 0 Å². The van der Waals surface area contributed by atoms with Gasteiger partial charge in [0.2, 0.25) is 0 Å². The molecule has 0 amide bonds. The van der Waals surface area contributed by atoms with Gasteiger partial charge in [0, 0.05) is 34.1 Å². The van der Waals surface area contributed by atoms with E-state index in [2.05, 4.69) is 274 Å². The van der Waals surface area contributed by atoms with Crippen molar-refractivity contribution in [2.75, 3.05) is 9.80 Å². The van der Waals surface area contributed by atoms with Crippen LogP contribution in [0.4, 0.5) is 34.1 Å². The number of anilines is 6. The van der Waals surface area contributed by atoms with Gasteiger partial charge in [-0.3, -0.25) is 0 Å². The molecule has 2 aliphatic heterocycles. The first-order valence-electron chi connectivity index (χ1n) is 25.5. The van der Waals surface area contributed by atoms with Crippen LogP contribution in [0.3, 0.4) is 0 Å². The Morgan fingerprint density at radius 1 is 0.304 bits per heavy atom. The molecule has 7 aromatic rings. The van der Waals surface area contributed by atoms with Crippen molar-refractivity contribution in [2.45, 2.75) is 157 Å². The van der Waals surface area contributed by atoms with Crippen LogP contribution in [0.15, 0.2) is 140 Å². The quantitative estimate of drug-likeness (QED) is 0.162. The Morgan fingerprint density at radius 2 is 0.623 bits per heavy atom. The van der Waals surface area contributed by atoms with Gasteiger partial charge in [0.1, 0.15) is 0 Å². The zero-order valence-corrected chi connectivity index (χ0v) is 45.3. The summed E-state index contributed by atoms with van der Waals surface area (Å²) >= 11 is 0. The lowest BCUT2D eigenvalue weighted by Crippen LogP contribution is -2.61. The molecule has 0 fully saturated rings. The normalized spacial score (nSPS) is 14.1. The van der Waals surface area contributed by atoms with E-state index in [9.17, 15) is 0 Å². The van der Waals surface area contributed by atoms with Crippen LogP contribution in [0.1, 0.15) is 158 Å². The number of nitrogens with zero attached hydrogens (tertiary/aromatic N) is 2. The maximum Gasteiger partial charge on any atom is 0.252 e. The molecule has 0 spiro atoms. The topological polar surface area (TPSA) is 6.48 Å². The SMILES string of the molecule is CC(C)(C)c1cc(N2c3cc(-c4ccccc4)c(C(C)(C)C)cc3B3c4cc(C(C)(C)C)c(-c5ccccc5)cc4N(c4cc(C(C)(C)C)cc(C(C)(C)C)c4)c4cccc2c43)cc(C(C)(C)C)c1. The van der Waals surface area contributed by atoms with Crippen molar-refractivity contribution in [3.05, 3.63) is 173 Å². The summed E-state index contributed by atoms with van der Waals surface area (Å²) in [5, 5.41) is 0. The van der Waals surface area contributed by atoms with Crippen LogP contribution >= 0.6 is 0 Å². The van der Waals surface area contributed by atoms with Crippen LogP contribution in [0.25, 0.3) is 22.3 Å². The Kier molecular flexibility index (Phi) is 11.5. The van der Waals surface area contributed by atoms with Crippen molar-refractivity contribution in [1.82, 2.24) is 0 Å². The first kappa shape index (κ1) is 48.2. The van der Waals surface area contributed by atoms with Gasteiger partial charge >= 0.3 is 0 Å². The summed E-state index contributed by atoms with van der Waals surface area (Å²) in [4.78, 5) is 5.29. The van der Waals surface area contributed by atoms with E-state index in [-0.39, 0.29) is 39.2 Å². The maximum absolute atomic E-state index is 2.65. The molecule has 9 rings (SSSR count). The van der Waals surface area contributed by atoms with E-state index in [0.29, 0.717) is 0 Å². The van der Waals surface area contributed by atoms with Gasteiger partial charge in [-0.1, -0.05) is 216 Å². The van der Waals surface area contributed by atoms with E-state index in [1.54, 1.807) is 0 Å². The summed E-state index contributed by atoms with van der Waals surface area (Å²) in [5.74, 6) is 0. The second-order valence-electron chi connectivity index (χ2n) is 26.5. The molecule has 0 N–H and O–H groups in total. The van der Waals surface area contributed by atoms with Crippen LogP contribution in [0.5, 0.6) is 0 Å². The molecule has 354 valence electrons. The number of hydrogen-bond donors (Lipinski definition) is 0. The highest BCUT2D eigenvalue weighted by Crippen LogP contribution is 2.50. The fraction of sp³-hybridized carbons (Fsp3) is 0.364. The lowest BCUT2D eigenvalue weighted by Gasteiger charge is -2.46. The summed E-state index contributed by atoms with van der Waals surface area (Å²) in [6.07, 6.45) is 0. The molecule has 0 atom stereocenters. The summed E-state index contributed by atoms with van der Waals surface area (Å²) in [6, 6.07) is 54.5. The van der Waals surface area contributed by atoms with Crippen LogP contribution in [0.2, 0.25) is 0 Å². The van der Waals surface area contributed by atoms with Gasteiger partial charge in [-0.15, -0.1) is 0 Å². The van der Waals surface area contributed by atoms with E-state index in [0.717, 1.165) is 0 Å². The Morgan fingerprint density at radius 3 is 0.913 bits per heavy atom. The lowest BCUT2D eigenvalue weighted by molar-refractivity contribution is 0.568. The van der Waals surface area contributed by atoms with Crippen molar-refractivity contribution >= 4 is 57.2 Å². The summed E-state index contributed by atoms with van der Waals surface area (Å²) in [5.41, 5.74) is 24.1. The molecule has 0 bridgehead atoms. The molecule has 0 aromatic heterocycles. The van der Waals surface area contributed by atoms with E-state index < -0.39 is 0 Å². The number of fused-ring (bicyclic) bond motifs is 4. The van der Waals surface area contributed by atoms with Gasteiger partial charge in [0.05, 0.1) is 0 Å². The summed E-state index contributed by atoms with van der Waals surface area (Å²) in [7, 11) is 0. The second kappa shape index (κ2) is 16.4. The largest absolute Gasteiger partial charge is 0.311 e. The monoisotopic (exact) mass is 909 g/mol. The highest BCUT2D eigenvalue weighted by molar-refractivity contribution is 7.00. The van der Waals surface area contributed by atoms with Gasteiger partial charge in [-0.05, 0) is 153 Å². The van der Waals surface area contributed by atoms with E-state index in [4.69, 9.17) is 0 Å². The zero-order valence-electron chi connectivity index (χ0n) is 45.3. The maximum atomic E-state index is 2.65. The summed E-state index contributed by atoms with van der Waals surface area (Å²) in [6.45, 7) is 42.6. The first-order valence-corrected chi connectivity index (χ1v) is 25.5. The fourth-order valence-corrected chi connectivity index (χ4v) is 10.7. The number of rotatable bonds is 4. The number of hydrogen-bond acceptors (Lipinski definition) is 2. The second-order valence-corrected chi connectivity index (χ2v) is 26.5. The van der Waals surface area contributed by atoms with Crippen molar-refractivity contribution in [2.24, 2.45) is 0 Å². The van der Waals surface area contributed by atoms with Gasteiger partial charge < -0.3 is 9.80 Å². The minimum Gasteiger partial charge on any atom is -0.311 e. The highest BCUT2D eigenvalue weighted by atomic mass is 15.2. The smallest absolute Gasteiger partial charge is 0.252 e. The van der Waals surface area contributed by atoms with Crippen LogP contribution in [-0.2, 0) is 32.5 Å². The van der Waals surface area contributed by atoms with Gasteiger partial charge in [0.25, 0.3) is 6.71 Å². The Hall–Kier alpha value is -5.80. The lowest BCUT2D eigenvalue weighted by atomic mass is 9.33. The standard InChI is InChI=1S/C66H77BN2/c1-61(2,3)44-32-45(62(4,5)6)35-48(34-44)68-56-30-25-31-57-60(56)67(54-40-52(65(13,14)15)50(38-58(54)68)42-26-21-19-22-27-42)55-41-53(66(16,17)18)51(43-28-23-20-24-29-43)39-59(55)69(57)49-36-46(63(7,8)9)33-47(37-49)64(10,11)12/h19-41H,1-18H3. The minimum absolute atomic E-state index is 0.0358. The highest BCUT2D eigenvalue weighted by Gasteiger charge is 2.45. The third-order valence-corrected chi connectivity index (χ3v) is 14.9. The molecular formula is C66H77BN2. The number of benzene rings is 7. The fourth-order valence-electron chi connectivity index (χ4n) is 10.7. The van der Waals surface area contributed by atoms with Crippen molar-refractivity contribution in [3.8, 4) is 22.3 Å². The van der Waals surface area contributed by atoms with Gasteiger partial charge in [-0.25, -0.2) is 0 Å². The summed E-state index contributed by atoms with van der Waals surface area (Å²) < 4.78 is 0. The Labute approximate surface area is 417 Å². The molecule has 0 saturated heterocycles. The average Bonchev–Trinajstić information content (AvgIpc) is 3.26. The molecule has 0 aliphatic carbocycles.